The monoisotopic (exact) mass is 283 g/mol. The highest BCUT2D eigenvalue weighted by molar-refractivity contribution is 5.98. The van der Waals surface area contributed by atoms with Gasteiger partial charge in [-0.2, -0.15) is 0 Å². The van der Waals surface area contributed by atoms with Crippen LogP contribution in [0.25, 0.3) is 0 Å². The van der Waals surface area contributed by atoms with Crippen LogP contribution in [0.4, 0.5) is 11.4 Å². The highest BCUT2D eigenvalue weighted by Gasteiger charge is 2.07. The van der Waals surface area contributed by atoms with Crippen molar-refractivity contribution >= 4 is 17.3 Å². The molecule has 0 aliphatic carbocycles. The molecule has 0 radical (unpaired) electrons. The largest absolute Gasteiger partial charge is 0.398 e. The van der Waals surface area contributed by atoms with Crippen LogP contribution < -0.4 is 16.8 Å². The van der Waals surface area contributed by atoms with Crippen molar-refractivity contribution in [2.75, 3.05) is 17.6 Å². The van der Waals surface area contributed by atoms with Crippen LogP contribution >= 0.6 is 0 Å². The van der Waals surface area contributed by atoms with E-state index < -0.39 is 5.91 Å². The fourth-order valence-corrected chi connectivity index (χ4v) is 2.26. The summed E-state index contributed by atoms with van der Waals surface area (Å²) in [4.78, 5) is 11.3. The fourth-order valence-electron chi connectivity index (χ4n) is 2.26. The van der Waals surface area contributed by atoms with Gasteiger partial charge in [-0.15, -0.1) is 0 Å². The van der Waals surface area contributed by atoms with Gasteiger partial charge in [-0.05, 0) is 36.1 Å². The Morgan fingerprint density at radius 2 is 1.90 bits per heavy atom. The first-order valence-corrected chi connectivity index (χ1v) is 7.06. The first-order valence-electron chi connectivity index (χ1n) is 7.06. The molecule has 0 fully saturated rings. The number of primary amides is 1. The molecule has 0 bridgehead atoms. The van der Waals surface area contributed by atoms with Gasteiger partial charge in [0.15, 0.2) is 0 Å². The Morgan fingerprint density at radius 3 is 2.57 bits per heavy atom. The van der Waals surface area contributed by atoms with Crippen molar-refractivity contribution in [3.8, 4) is 0 Å². The number of carbonyl (C=O) groups is 1. The molecule has 1 amide bonds. The van der Waals surface area contributed by atoms with E-state index >= 15 is 0 Å². The van der Waals surface area contributed by atoms with Crippen molar-refractivity contribution in [1.82, 2.24) is 0 Å². The minimum atomic E-state index is -0.506. The molecule has 0 aliphatic heterocycles. The van der Waals surface area contributed by atoms with Crippen LogP contribution in [0, 0.1) is 0 Å². The van der Waals surface area contributed by atoms with Crippen molar-refractivity contribution in [1.29, 1.82) is 0 Å². The second kappa shape index (κ2) is 6.79. The molecule has 5 N–H and O–H groups in total. The Morgan fingerprint density at radius 1 is 1.19 bits per heavy atom. The SMILES string of the molecule is CC(CCNc1ccc(N)c(C(N)=O)c1)c1ccccc1. The average Bonchev–Trinajstić information content (AvgIpc) is 2.49. The second-order valence-corrected chi connectivity index (χ2v) is 5.19. The van der Waals surface area contributed by atoms with Crippen molar-refractivity contribution in [3.63, 3.8) is 0 Å². The molecule has 2 rings (SSSR count). The quantitative estimate of drug-likeness (QED) is 0.713. The summed E-state index contributed by atoms with van der Waals surface area (Å²) in [7, 11) is 0. The predicted octanol–water partition coefficient (Wildman–Crippen LogP) is 2.97. The maximum Gasteiger partial charge on any atom is 0.250 e. The minimum Gasteiger partial charge on any atom is -0.398 e. The third kappa shape index (κ3) is 3.99. The molecule has 1 unspecified atom stereocenters. The van der Waals surface area contributed by atoms with Gasteiger partial charge < -0.3 is 16.8 Å². The highest BCUT2D eigenvalue weighted by Crippen LogP contribution is 2.20. The number of hydrogen-bond donors (Lipinski definition) is 3. The van der Waals surface area contributed by atoms with E-state index in [4.69, 9.17) is 11.5 Å². The van der Waals surface area contributed by atoms with Gasteiger partial charge in [-0.1, -0.05) is 37.3 Å². The van der Waals surface area contributed by atoms with E-state index in [1.807, 2.05) is 12.1 Å². The third-order valence-corrected chi connectivity index (χ3v) is 3.59. The molecule has 110 valence electrons. The maximum atomic E-state index is 11.3. The number of anilines is 2. The van der Waals surface area contributed by atoms with Crippen molar-refractivity contribution in [2.45, 2.75) is 19.3 Å². The van der Waals surface area contributed by atoms with E-state index in [1.54, 1.807) is 12.1 Å². The van der Waals surface area contributed by atoms with Crippen molar-refractivity contribution in [3.05, 3.63) is 59.7 Å². The van der Waals surface area contributed by atoms with Gasteiger partial charge in [0, 0.05) is 17.9 Å². The summed E-state index contributed by atoms with van der Waals surface area (Å²) >= 11 is 0. The van der Waals surface area contributed by atoms with Crippen LogP contribution in [0.15, 0.2) is 48.5 Å². The smallest absolute Gasteiger partial charge is 0.250 e. The zero-order chi connectivity index (χ0) is 15.2. The van der Waals surface area contributed by atoms with E-state index in [1.165, 1.54) is 5.56 Å². The summed E-state index contributed by atoms with van der Waals surface area (Å²) < 4.78 is 0. The van der Waals surface area contributed by atoms with Crippen molar-refractivity contribution < 1.29 is 4.79 Å². The van der Waals surface area contributed by atoms with Gasteiger partial charge in [0.25, 0.3) is 5.91 Å². The van der Waals surface area contributed by atoms with E-state index in [2.05, 4.69) is 36.5 Å². The topological polar surface area (TPSA) is 81.1 Å². The molecule has 4 heteroatoms. The van der Waals surface area contributed by atoms with Crippen molar-refractivity contribution in [2.24, 2.45) is 5.73 Å². The summed E-state index contributed by atoms with van der Waals surface area (Å²) in [5.74, 6) is -0.0307. The summed E-state index contributed by atoms with van der Waals surface area (Å²) in [5, 5.41) is 3.30. The van der Waals surface area contributed by atoms with Gasteiger partial charge in [0.05, 0.1) is 5.56 Å². The zero-order valence-corrected chi connectivity index (χ0v) is 12.2. The first kappa shape index (κ1) is 14.9. The predicted molar refractivity (Wildman–Crippen MR) is 87.3 cm³/mol. The number of carbonyl (C=O) groups excluding carboxylic acids is 1. The number of nitrogen functional groups attached to an aromatic ring is 1. The molecule has 4 nitrogen and oxygen atoms in total. The highest BCUT2D eigenvalue weighted by atomic mass is 16.1. The first-order chi connectivity index (χ1) is 10.1. The van der Waals surface area contributed by atoms with E-state index in [9.17, 15) is 4.79 Å². The number of benzene rings is 2. The van der Waals surface area contributed by atoms with Crippen LogP contribution in [0.2, 0.25) is 0 Å². The number of amides is 1. The molecule has 2 aromatic carbocycles. The molecule has 2 aromatic rings. The van der Waals surface area contributed by atoms with Crippen LogP contribution in [0.5, 0.6) is 0 Å². The molecule has 21 heavy (non-hydrogen) atoms. The molecule has 0 heterocycles. The second-order valence-electron chi connectivity index (χ2n) is 5.19. The number of nitrogens with one attached hydrogen (secondary N) is 1. The molecule has 0 spiro atoms. The standard InChI is InChI=1S/C17H21N3O/c1-12(13-5-3-2-4-6-13)9-10-20-14-7-8-16(18)15(11-14)17(19)21/h2-8,11-12,20H,9-10,18H2,1H3,(H2,19,21). The molecular formula is C17H21N3O. The molecule has 0 saturated heterocycles. The Labute approximate surface area is 125 Å². The minimum absolute atomic E-state index is 0.358. The van der Waals surface area contributed by atoms with E-state index in [0.717, 1.165) is 18.7 Å². The Balaban J connectivity index is 1.92. The van der Waals surface area contributed by atoms with Crippen LogP contribution in [0.1, 0.15) is 35.2 Å². The Hall–Kier alpha value is -2.49. The number of nitrogens with two attached hydrogens (primary N) is 2. The van der Waals surface area contributed by atoms with Gasteiger partial charge in [0.1, 0.15) is 0 Å². The lowest BCUT2D eigenvalue weighted by Crippen LogP contribution is -2.14. The van der Waals surface area contributed by atoms with Crippen LogP contribution in [-0.2, 0) is 0 Å². The third-order valence-electron chi connectivity index (χ3n) is 3.59. The average molecular weight is 283 g/mol. The molecule has 0 saturated carbocycles. The number of hydrogen-bond acceptors (Lipinski definition) is 3. The lowest BCUT2D eigenvalue weighted by Gasteiger charge is -2.14. The number of rotatable bonds is 6. The van der Waals surface area contributed by atoms with Gasteiger partial charge >= 0.3 is 0 Å². The van der Waals surface area contributed by atoms with Gasteiger partial charge in [0.2, 0.25) is 0 Å². The van der Waals surface area contributed by atoms with E-state index in [-0.39, 0.29) is 0 Å². The van der Waals surface area contributed by atoms with Gasteiger partial charge in [-0.25, -0.2) is 0 Å². The molecule has 0 aromatic heterocycles. The van der Waals surface area contributed by atoms with Gasteiger partial charge in [-0.3, -0.25) is 4.79 Å². The molecule has 0 aliphatic rings. The fraction of sp³-hybridized carbons (Fsp3) is 0.235. The Bertz CT molecular complexity index is 611. The summed E-state index contributed by atoms with van der Waals surface area (Å²) in [5.41, 5.74) is 14.0. The summed E-state index contributed by atoms with van der Waals surface area (Å²) in [6.07, 6.45) is 1.00. The lowest BCUT2D eigenvalue weighted by molar-refractivity contribution is 0.100. The Kier molecular flexibility index (Phi) is 4.82. The molecular weight excluding hydrogens is 262 g/mol. The maximum absolute atomic E-state index is 11.3. The summed E-state index contributed by atoms with van der Waals surface area (Å²) in [6, 6.07) is 15.7. The lowest BCUT2D eigenvalue weighted by atomic mass is 9.98. The van der Waals surface area contributed by atoms with E-state index in [0.29, 0.717) is 17.2 Å². The van der Waals surface area contributed by atoms with Crippen LogP contribution in [-0.4, -0.2) is 12.5 Å². The molecule has 1 atom stereocenters. The normalized spacial score (nSPS) is 11.9. The zero-order valence-electron chi connectivity index (χ0n) is 12.2. The van der Waals surface area contributed by atoms with Crippen LogP contribution in [0.3, 0.4) is 0 Å². The summed E-state index contributed by atoms with van der Waals surface area (Å²) in [6.45, 7) is 3.02.